The number of halogens is 2. The van der Waals surface area contributed by atoms with Crippen LogP contribution in [0.3, 0.4) is 0 Å². The molecule has 0 saturated carbocycles. The highest BCUT2D eigenvalue weighted by Gasteiger charge is 2.28. The number of quaternary nitrogens is 1. The van der Waals surface area contributed by atoms with E-state index in [2.05, 4.69) is 44.1 Å². The Hall–Kier alpha value is 0.390. The summed E-state index contributed by atoms with van der Waals surface area (Å²) in [4.78, 5) is 11.2. The second-order valence-electron chi connectivity index (χ2n) is 3.36. The predicted molar refractivity (Wildman–Crippen MR) is 57.0 cm³/mol. The third kappa shape index (κ3) is 3.56. The fourth-order valence-corrected chi connectivity index (χ4v) is 1.69. The summed E-state index contributed by atoms with van der Waals surface area (Å²) in [7, 11) is 0. The Labute approximate surface area is 94.8 Å². The van der Waals surface area contributed by atoms with Gasteiger partial charge in [-0.25, -0.2) is 4.79 Å². The minimum atomic E-state index is -0.377. The summed E-state index contributed by atoms with van der Waals surface area (Å²) >= 11 is 6.24. The average Bonchev–Trinajstić information content (AvgIpc) is 2.08. The number of nitrogens with two attached hydrogens (primary N) is 1. The molecule has 0 aromatic heterocycles. The Morgan fingerprint density at radius 3 is 2.85 bits per heavy atom. The Kier molecular flexibility index (Phi) is 4.69. The van der Waals surface area contributed by atoms with Gasteiger partial charge < -0.3 is 10.1 Å². The fourth-order valence-electron chi connectivity index (χ4n) is 1.47. The summed E-state index contributed by atoms with van der Waals surface area (Å²) < 4.78 is 4.94. The smallest absolute Gasteiger partial charge is 0.330 e. The maximum atomic E-state index is 11.2. The van der Waals surface area contributed by atoms with E-state index < -0.39 is 0 Å². The number of hydrogen-bond acceptors (Lipinski definition) is 2. The molecule has 5 heteroatoms. The third-order valence-electron chi connectivity index (χ3n) is 2.27. The van der Waals surface area contributed by atoms with Gasteiger partial charge in [-0.3, -0.25) is 0 Å². The number of hydrogen-bond donors (Lipinski definition) is 1. The molecule has 1 aliphatic heterocycles. The van der Waals surface area contributed by atoms with Crippen molar-refractivity contribution in [1.29, 1.82) is 0 Å². The van der Waals surface area contributed by atoms with Crippen LogP contribution < -0.4 is 5.32 Å². The summed E-state index contributed by atoms with van der Waals surface area (Å²) in [6.07, 6.45) is 1.05. The number of piperidine rings is 1. The van der Waals surface area contributed by atoms with Crippen LogP contribution in [0.2, 0.25) is 0 Å². The SMILES string of the molecule is CC1C[NH2+]CCC1OC(=O)C(Br)Br. The van der Waals surface area contributed by atoms with Crippen molar-refractivity contribution in [1.82, 2.24) is 0 Å². The number of ether oxygens (including phenoxy) is 1. The molecular weight excluding hydrogens is 302 g/mol. The molecule has 1 fully saturated rings. The molecule has 3 nitrogen and oxygen atoms in total. The van der Waals surface area contributed by atoms with Crippen LogP contribution in [0.25, 0.3) is 0 Å². The van der Waals surface area contributed by atoms with Gasteiger partial charge in [0.2, 0.25) is 0 Å². The van der Waals surface area contributed by atoms with Crippen LogP contribution in [0.5, 0.6) is 0 Å². The van der Waals surface area contributed by atoms with Crippen molar-refractivity contribution < 1.29 is 14.8 Å². The van der Waals surface area contributed by atoms with Gasteiger partial charge in [-0.15, -0.1) is 0 Å². The van der Waals surface area contributed by atoms with Gasteiger partial charge >= 0.3 is 5.97 Å². The lowest BCUT2D eigenvalue weighted by molar-refractivity contribution is -0.671. The molecule has 76 valence electrons. The van der Waals surface area contributed by atoms with Crippen LogP contribution >= 0.6 is 31.9 Å². The molecule has 0 bridgehead atoms. The van der Waals surface area contributed by atoms with Gasteiger partial charge in [0.25, 0.3) is 0 Å². The van der Waals surface area contributed by atoms with Crippen LogP contribution in [0.15, 0.2) is 0 Å². The van der Waals surface area contributed by atoms with Crippen molar-refractivity contribution in [3.63, 3.8) is 0 Å². The molecule has 2 atom stereocenters. The molecule has 1 rings (SSSR count). The summed E-state index contributed by atoms with van der Waals surface area (Å²) in [5, 5.41) is 2.26. The second kappa shape index (κ2) is 5.32. The zero-order valence-corrected chi connectivity index (χ0v) is 10.7. The van der Waals surface area contributed by atoms with E-state index in [1.54, 1.807) is 0 Å². The van der Waals surface area contributed by atoms with Gasteiger partial charge in [-0.2, -0.15) is 0 Å². The maximum absolute atomic E-state index is 11.2. The first-order valence-electron chi connectivity index (χ1n) is 4.41. The third-order valence-corrected chi connectivity index (χ3v) is 3.02. The second-order valence-corrected chi connectivity index (χ2v) is 6.42. The van der Waals surface area contributed by atoms with Crippen LogP contribution in [-0.4, -0.2) is 28.9 Å². The molecule has 0 aromatic carbocycles. The highest BCUT2D eigenvalue weighted by molar-refractivity contribution is 9.25. The number of esters is 1. The molecule has 1 heterocycles. The van der Waals surface area contributed by atoms with E-state index in [4.69, 9.17) is 4.74 Å². The molecular formula is C8H14Br2NO2+. The van der Waals surface area contributed by atoms with Crippen LogP contribution in [0.1, 0.15) is 13.3 Å². The van der Waals surface area contributed by atoms with E-state index >= 15 is 0 Å². The topological polar surface area (TPSA) is 42.9 Å². The molecule has 0 aliphatic carbocycles. The van der Waals surface area contributed by atoms with Gasteiger partial charge in [0.1, 0.15) is 6.10 Å². The zero-order valence-electron chi connectivity index (χ0n) is 7.50. The van der Waals surface area contributed by atoms with E-state index in [-0.39, 0.29) is 15.8 Å². The molecule has 0 aromatic rings. The average molecular weight is 316 g/mol. The Bertz CT molecular complexity index is 187. The van der Waals surface area contributed by atoms with Crippen LogP contribution in [0.4, 0.5) is 0 Å². The van der Waals surface area contributed by atoms with Crippen molar-refractivity contribution in [2.45, 2.75) is 23.2 Å². The van der Waals surface area contributed by atoms with E-state index in [1.165, 1.54) is 0 Å². The minimum absolute atomic E-state index is 0.0927. The predicted octanol–water partition coefficient (Wildman–Crippen LogP) is 0.617. The van der Waals surface area contributed by atoms with E-state index in [0.717, 1.165) is 19.5 Å². The zero-order chi connectivity index (χ0) is 9.84. The molecule has 2 N–H and O–H groups in total. The molecule has 0 spiro atoms. The minimum Gasteiger partial charge on any atom is -0.460 e. The maximum Gasteiger partial charge on any atom is 0.330 e. The first kappa shape index (κ1) is 11.5. The molecule has 0 radical (unpaired) electrons. The van der Waals surface area contributed by atoms with Gasteiger partial charge in [0.05, 0.1) is 13.1 Å². The summed E-state index contributed by atoms with van der Waals surface area (Å²) in [6, 6.07) is 0. The number of rotatable bonds is 2. The first-order chi connectivity index (χ1) is 6.11. The van der Waals surface area contributed by atoms with E-state index in [0.29, 0.717) is 5.92 Å². The summed E-state index contributed by atoms with van der Waals surface area (Å²) in [5.74, 6) is 0.232. The van der Waals surface area contributed by atoms with Gasteiger partial charge in [-0.1, -0.05) is 38.8 Å². The molecule has 1 saturated heterocycles. The lowest BCUT2D eigenvalue weighted by atomic mass is 9.98. The van der Waals surface area contributed by atoms with Crippen molar-refractivity contribution in [3.8, 4) is 0 Å². The Balaban J connectivity index is 2.38. The molecule has 0 amide bonds. The lowest BCUT2D eigenvalue weighted by Gasteiger charge is -2.27. The largest absolute Gasteiger partial charge is 0.460 e. The molecule has 1 aliphatic rings. The first-order valence-corrected chi connectivity index (χ1v) is 6.24. The van der Waals surface area contributed by atoms with Crippen molar-refractivity contribution in [2.75, 3.05) is 13.1 Å². The van der Waals surface area contributed by atoms with E-state index in [9.17, 15) is 4.79 Å². The van der Waals surface area contributed by atoms with E-state index in [1.807, 2.05) is 0 Å². The number of carbonyl (C=O) groups excluding carboxylic acids is 1. The molecule has 13 heavy (non-hydrogen) atoms. The lowest BCUT2D eigenvalue weighted by Crippen LogP contribution is -2.88. The highest BCUT2D eigenvalue weighted by atomic mass is 79.9. The van der Waals surface area contributed by atoms with Crippen LogP contribution in [-0.2, 0) is 9.53 Å². The summed E-state index contributed by atoms with van der Waals surface area (Å²) in [6.45, 7) is 4.22. The van der Waals surface area contributed by atoms with Crippen molar-refractivity contribution in [2.24, 2.45) is 5.92 Å². The standard InChI is InChI=1S/C8H13Br2NO2/c1-5-4-11-3-2-6(5)13-8(12)7(9)10/h5-7,11H,2-4H2,1H3/p+1. The van der Waals surface area contributed by atoms with Gasteiger partial charge in [0.15, 0.2) is 3.74 Å². The Morgan fingerprint density at radius 2 is 2.31 bits per heavy atom. The van der Waals surface area contributed by atoms with Gasteiger partial charge in [0, 0.05) is 12.3 Å². The highest BCUT2D eigenvalue weighted by Crippen LogP contribution is 2.17. The monoisotopic (exact) mass is 314 g/mol. The van der Waals surface area contributed by atoms with Crippen LogP contribution in [0, 0.1) is 5.92 Å². The van der Waals surface area contributed by atoms with Gasteiger partial charge in [-0.05, 0) is 0 Å². The number of carbonyl (C=O) groups is 1. The van der Waals surface area contributed by atoms with Crippen molar-refractivity contribution in [3.05, 3.63) is 0 Å². The Morgan fingerprint density at radius 1 is 1.62 bits per heavy atom. The number of alkyl halides is 2. The normalized spacial score (nSPS) is 28.9. The summed E-state index contributed by atoms with van der Waals surface area (Å²) in [5.41, 5.74) is 0. The molecule has 2 unspecified atom stereocenters. The quantitative estimate of drug-likeness (QED) is 0.599. The van der Waals surface area contributed by atoms with Crippen molar-refractivity contribution >= 4 is 37.8 Å². The fraction of sp³-hybridized carbons (Fsp3) is 0.875.